The summed E-state index contributed by atoms with van der Waals surface area (Å²) < 4.78 is 30.6. The fourth-order valence-electron chi connectivity index (χ4n) is 2.70. The largest absolute Gasteiger partial charge is 0.350 e. The van der Waals surface area contributed by atoms with Gasteiger partial charge in [0.2, 0.25) is 5.91 Å². The number of nitrogens with one attached hydrogen (secondary N) is 1. The highest BCUT2D eigenvalue weighted by molar-refractivity contribution is 6.06. The van der Waals surface area contributed by atoms with Gasteiger partial charge in [0.1, 0.15) is 5.69 Å². The van der Waals surface area contributed by atoms with Gasteiger partial charge < -0.3 is 4.57 Å². The first-order chi connectivity index (χ1) is 9.90. The van der Waals surface area contributed by atoms with Gasteiger partial charge in [0.15, 0.2) is 11.6 Å². The molecular weight excluding hydrogens is 280 g/mol. The van der Waals surface area contributed by atoms with Gasteiger partial charge in [-0.05, 0) is 12.5 Å². The molecule has 1 N–H and O–H groups in total. The zero-order valence-corrected chi connectivity index (χ0v) is 11.5. The van der Waals surface area contributed by atoms with Crippen molar-refractivity contribution in [2.45, 2.75) is 13.3 Å². The van der Waals surface area contributed by atoms with Crippen LogP contribution in [0.15, 0.2) is 12.3 Å². The van der Waals surface area contributed by atoms with Gasteiger partial charge >= 0.3 is 6.03 Å². The Morgan fingerprint density at radius 2 is 2.00 bits per heavy atom. The third kappa shape index (κ3) is 1.96. The van der Waals surface area contributed by atoms with Gasteiger partial charge in [0, 0.05) is 37.7 Å². The zero-order chi connectivity index (χ0) is 15.3. The number of carbonyl (C=O) groups excluding carboxylic acids is 2. The number of imide groups is 1. The third-order valence-corrected chi connectivity index (χ3v) is 3.66. The Morgan fingerprint density at radius 1 is 1.29 bits per heavy atom. The van der Waals surface area contributed by atoms with Crippen molar-refractivity contribution in [2.75, 3.05) is 11.4 Å². The van der Waals surface area contributed by atoms with E-state index < -0.39 is 29.3 Å². The van der Waals surface area contributed by atoms with Crippen molar-refractivity contribution >= 4 is 28.5 Å². The van der Waals surface area contributed by atoms with Crippen LogP contribution >= 0.6 is 0 Å². The van der Waals surface area contributed by atoms with Gasteiger partial charge in [0.05, 0.1) is 5.52 Å². The minimum Gasteiger partial charge on any atom is -0.350 e. The summed E-state index contributed by atoms with van der Waals surface area (Å²) in [6.07, 6.45) is 1.70. The lowest BCUT2D eigenvalue weighted by Gasteiger charge is -2.27. The Hall–Kier alpha value is -2.44. The molecule has 2 heterocycles. The lowest BCUT2D eigenvalue weighted by molar-refractivity contribution is -0.120. The lowest BCUT2D eigenvalue weighted by Crippen LogP contribution is -2.50. The van der Waals surface area contributed by atoms with E-state index in [0.29, 0.717) is 11.1 Å². The molecule has 1 aliphatic heterocycles. The maximum Gasteiger partial charge on any atom is 0.328 e. The number of aryl methyl sites for hydroxylation is 2. The molecule has 0 saturated carbocycles. The minimum absolute atomic E-state index is 0.0103. The molecule has 0 radical (unpaired) electrons. The first kappa shape index (κ1) is 13.5. The normalized spacial score (nSPS) is 15.7. The monoisotopic (exact) mass is 293 g/mol. The van der Waals surface area contributed by atoms with Crippen LogP contribution in [-0.2, 0) is 11.8 Å². The summed E-state index contributed by atoms with van der Waals surface area (Å²) in [5.41, 5.74) is 0.654. The van der Waals surface area contributed by atoms with Crippen LogP contribution in [0.2, 0.25) is 0 Å². The summed E-state index contributed by atoms with van der Waals surface area (Å²) >= 11 is 0. The summed E-state index contributed by atoms with van der Waals surface area (Å²) in [5.74, 6) is -2.06. The van der Waals surface area contributed by atoms with Gasteiger partial charge in [-0.25, -0.2) is 13.6 Å². The molecule has 7 heteroatoms. The molecule has 0 bridgehead atoms. The molecule has 3 amide bonds. The second-order valence-electron chi connectivity index (χ2n) is 5.09. The molecule has 3 rings (SSSR count). The van der Waals surface area contributed by atoms with E-state index >= 15 is 0 Å². The van der Waals surface area contributed by atoms with Crippen LogP contribution in [0.25, 0.3) is 10.9 Å². The highest BCUT2D eigenvalue weighted by atomic mass is 19.1. The summed E-state index contributed by atoms with van der Waals surface area (Å²) in [7, 11) is 1.69. The first-order valence-electron chi connectivity index (χ1n) is 6.45. The van der Waals surface area contributed by atoms with Crippen molar-refractivity contribution in [1.29, 1.82) is 0 Å². The van der Waals surface area contributed by atoms with E-state index in [9.17, 15) is 18.4 Å². The SMILES string of the molecule is Cc1cn(C)c2cc(F)c(N3CCC(=O)NC3=O)c(F)c12. The van der Waals surface area contributed by atoms with E-state index in [4.69, 9.17) is 0 Å². The number of hydrogen-bond donors (Lipinski definition) is 1. The highest BCUT2D eigenvalue weighted by Gasteiger charge is 2.30. The van der Waals surface area contributed by atoms with E-state index in [1.165, 1.54) is 6.07 Å². The van der Waals surface area contributed by atoms with E-state index in [-0.39, 0.29) is 18.4 Å². The molecule has 1 aromatic heterocycles. The van der Waals surface area contributed by atoms with Crippen LogP contribution in [0, 0.1) is 18.6 Å². The molecular formula is C14H13F2N3O2. The molecule has 110 valence electrons. The van der Waals surface area contributed by atoms with Crippen LogP contribution < -0.4 is 10.2 Å². The molecule has 2 aromatic rings. The van der Waals surface area contributed by atoms with Crippen molar-refractivity contribution < 1.29 is 18.4 Å². The quantitative estimate of drug-likeness (QED) is 0.876. The number of nitrogens with zero attached hydrogens (tertiary/aromatic N) is 2. The molecule has 1 aliphatic rings. The first-order valence-corrected chi connectivity index (χ1v) is 6.45. The van der Waals surface area contributed by atoms with Gasteiger partial charge in [-0.3, -0.25) is 15.0 Å². The van der Waals surface area contributed by atoms with Crippen LogP contribution in [0.4, 0.5) is 19.3 Å². The number of urea groups is 1. The van der Waals surface area contributed by atoms with Crippen LogP contribution in [-0.4, -0.2) is 23.1 Å². The number of halogens is 2. The Labute approximate surface area is 119 Å². The third-order valence-electron chi connectivity index (χ3n) is 3.66. The minimum atomic E-state index is -0.828. The predicted octanol–water partition coefficient (Wildman–Crippen LogP) is 2.21. The van der Waals surface area contributed by atoms with Crippen LogP contribution in [0.1, 0.15) is 12.0 Å². The molecule has 1 aromatic carbocycles. The average Bonchev–Trinajstić information content (AvgIpc) is 2.67. The maximum atomic E-state index is 14.7. The predicted molar refractivity (Wildman–Crippen MR) is 73.1 cm³/mol. The zero-order valence-electron chi connectivity index (χ0n) is 11.5. The summed E-state index contributed by atoms with van der Waals surface area (Å²) in [5, 5.41) is 2.34. The smallest absolute Gasteiger partial charge is 0.328 e. The van der Waals surface area contributed by atoms with Gasteiger partial charge in [-0.15, -0.1) is 0 Å². The van der Waals surface area contributed by atoms with Gasteiger partial charge in [0.25, 0.3) is 0 Å². The number of rotatable bonds is 1. The second kappa shape index (κ2) is 4.54. The van der Waals surface area contributed by atoms with Crippen molar-refractivity contribution in [1.82, 2.24) is 9.88 Å². The number of aromatic nitrogens is 1. The number of carbonyl (C=O) groups is 2. The summed E-state index contributed by atoms with van der Waals surface area (Å²) in [6.45, 7) is 1.67. The van der Waals surface area contributed by atoms with Gasteiger partial charge in [-0.1, -0.05) is 0 Å². The lowest BCUT2D eigenvalue weighted by atomic mass is 10.1. The van der Waals surface area contributed by atoms with Crippen molar-refractivity contribution in [3.8, 4) is 0 Å². The molecule has 1 fully saturated rings. The van der Waals surface area contributed by atoms with E-state index in [2.05, 4.69) is 5.32 Å². The Balaban J connectivity index is 2.21. The molecule has 0 spiro atoms. The standard InChI is InChI=1S/C14H13F2N3O2/c1-7-6-18(2)9-5-8(15)13(12(16)11(7)9)19-4-3-10(20)17-14(19)21/h5-6H,3-4H2,1-2H3,(H,17,20,21). The number of benzene rings is 1. The highest BCUT2D eigenvalue weighted by Crippen LogP contribution is 2.33. The second-order valence-corrected chi connectivity index (χ2v) is 5.09. The number of fused-ring (bicyclic) bond motifs is 1. The van der Waals surface area contributed by atoms with E-state index in [1.54, 1.807) is 24.7 Å². The molecule has 1 saturated heterocycles. The Bertz CT molecular complexity index is 782. The van der Waals surface area contributed by atoms with Gasteiger partial charge in [-0.2, -0.15) is 0 Å². The summed E-state index contributed by atoms with van der Waals surface area (Å²) in [4.78, 5) is 23.9. The number of anilines is 1. The molecule has 5 nitrogen and oxygen atoms in total. The molecule has 21 heavy (non-hydrogen) atoms. The Morgan fingerprint density at radius 3 is 2.67 bits per heavy atom. The van der Waals surface area contributed by atoms with E-state index in [0.717, 1.165) is 4.90 Å². The fourth-order valence-corrected chi connectivity index (χ4v) is 2.70. The molecule has 0 aliphatic carbocycles. The molecule has 0 atom stereocenters. The molecule has 0 unspecified atom stereocenters. The number of amides is 3. The van der Waals surface area contributed by atoms with Crippen LogP contribution in [0.5, 0.6) is 0 Å². The van der Waals surface area contributed by atoms with Crippen molar-refractivity contribution in [3.05, 3.63) is 29.5 Å². The average molecular weight is 293 g/mol. The van der Waals surface area contributed by atoms with Crippen LogP contribution in [0.3, 0.4) is 0 Å². The van der Waals surface area contributed by atoms with Crippen molar-refractivity contribution in [3.63, 3.8) is 0 Å². The Kier molecular flexibility index (Phi) is 2.93. The number of hydrogen-bond acceptors (Lipinski definition) is 2. The maximum absolute atomic E-state index is 14.7. The fraction of sp³-hybridized carbons (Fsp3) is 0.286. The van der Waals surface area contributed by atoms with Crippen molar-refractivity contribution in [2.24, 2.45) is 7.05 Å². The van der Waals surface area contributed by atoms with E-state index in [1.807, 2.05) is 0 Å². The topological polar surface area (TPSA) is 54.3 Å². The summed E-state index contributed by atoms with van der Waals surface area (Å²) in [6, 6.07) is 0.391.